The molecule has 1 rings (SSSR count). The van der Waals surface area contributed by atoms with Gasteiger partial charge in [-0.1, -0.05) is 6.07 Å². The largest absolute Gasteiger partial charge is 0.290 e. The van der Waals surface area contributed by atoms with Gasteiger partial charge in [0.1, 0.15) is 6.34 Å². The normalized spacial score (nSPS) is 10.6. The molecular weight excluding hydrogens is 288 g/mol. The summed E-state index contributed by atoms with van der Waals surface area (Å²) in [7, 11) is 0. The third-order valence-electron chi connectivity index (χ3n) is 1.19. The van der Waals surface area contributed by atoms with Crippen molar-refractivity contribution in [3.05, 3.63) is 27.1 Å². The van der Waals surface area contributed by atoms with Gasteiger partial charge in [0, 0.05) is 8.95 Å². The minimum absolute atomic E-state index is 0.735. The van der Waals surface area contributed by atoms with Crippen LogP contribution in [0.15, 0.2) is 32.1 Å². The lowest BCUT2D eigenvalue weighted by atomic mass is 10.3. The molecule has 0 unspecified atom stereocenters. The van der Waals surface area contributed by atoms with Gasteiger partial charge >= 0.3 is 0 Å². The van der Waals surface area contributed by atoms with Crippen LogP contribution in [0.2, 0.25) is 0 Å². The monoisotopic (exact) mass is 292 g/mol. The zero-order valence-corrected chi connectivity index (χ0v) is 9.13. The number of hydrogen-bond acceptors (Lipinski definition) is 2. The number of para-hydroxylation sites is 1. The first-order valence-corrected chi connectivity index (χ1v) is 4.70. The Morgan fingerprint density at radius 1 is 1.33 bits per heavy atom. The number of hydroxylamine groups is 1. The van der Waals surface area contributed by atoms with Crippen LogP contribution in [0.4, 0.5) is 5.69 Å². The molecule has 0 aromatic heterocycles. The SMILES string of the molecule is ONC=Nc1c(Br)cccc1Br. The Morgan fingerprint density at radius 2 is 1.92 bits per heavy atom. The standard InChI is InChI=1S/C7H6Br2N2O/c8-5-2-1-3-6(9)7(5)10-4-11-12/h1-4,12H,(H,10,11). The predicted octanol–water partition coefficient (Wildman–Crippen LogP) is 2.85. The summed E-state index contributed by atoms with van der Waals surface area (Å²) in [5.41, 5.74) is 2.57. The van der Waals surface area contributed by atoms with E-state index in [0.717, 1.165) is 14.6 Å². The van der Waals surface area contributed by atoms with Crippen molar-refractivity contribution >= 4 is 43.9 Å². The summed E-state index contributed by atoms with van der Waals surface area (Å²) >= 11 is 6.65. The van der Waals surface area contributed by atoms with Gasteiger partial charge in [0.05, 0.1) is 5.69 Å². The number of nitrogens with one attached hydrogen (secondary N) is 1. The number of aliphatic imine (C=N–C) groups is 1. The molecule has 2 N–H and O–H groups in total. The van der Waals surface area contributed by atoms with Crippen molar-refractivity contribution in [3.63, 3.8) is 0 Å². The van der Waals surface area contributed by atoms with Crippen LogP contribution in [0.1, 0.15) is 0 Å². The van der Waals surface area contributed by atoms with Crippen LogP contribution >= 0.6 is 31.9 Å². The first-order chi connectivity index (χ1) is 5.75. The zero-order valence-electron chi connectivity index (χ0n) is 5.96. The molecule has 0 saturated heterocycles. The lowest BCUT2D eigenvalue weighted by Crippen LogP contribution is -2.00. The number of hydrogen-bond donors (Lipinski definition) is 2. The molecule has 0 bridgehead atoms. The van der Waals surface area contributed by atoms with Crippen LogP contribution in [0.5, 0.6) is 0 Å². The minimum atomic E-state index is 0.735. The molecule has 5 heteroatoms. The van der Waals surface area contributed by atoms with E-state index in [0.29, 0.717) is 0 Å². The smallest absolute Gasteiger partial charge is 0.113 e. The fourth-order valence-corrected chi connectivity index (χ4v) is 1.91. The molecule has 0 aliphatic heterocycles. The van der Waals surface area contributed by atoms with Crippen molar-refractivity contribution in [1.29, 1.82) is 0 Å². The molecular formula is C7H6Br2N2O. The Labute approximate surface area is 86.7 Å². The van der Waals surface area contributed by atoms with E-state index < -0.39 is 0 Å². The molecule has 1 aromatic carbocycles. The highest BCUT2D eigenvalue weighted by Crippen LogP contribution is 2.32. The molecule has 0 amide bonds. The number of nitrogens with zero attached hydrogens (tertiary/aromatic N) is 1. The van der Waals surface area contributed by atoms with Crippen molar-refractivity contribution in [2.75, 3.05) is 0 Å². The molecule has 12 heavy (non-hydrogen) atoms. The number of rotatable bonds is 2. The van der Waals surface area contributed by atoms with Gasteiger partial charge in [-0.15, -0.1) is 0 Å². The van der Waals surface area contributed by atoms with Crippen LogP contribution in [-0.4, -0.2) is 11.5 Å². The van der Waals surface area contributed by atoms with E-state index in [4.69, 9.17) is 5.21 Å². The van der Waals surface area contributed by atoms with Crippen LogP contribution in [-0.2, 0) is 0 Å². The molecule has 0 atom stereocenters. The summed E-state index contributed by atoms with van der Waals surface area (Å²) < 4.78 is 1.73. The molecule has 0 radical (unpaired) electrons. The second-order valence-electron chi connectivity index (χ2n) is 1.96. The van der Waals surface area contributed by atoms with E-state index in [1.807, 2.05) is 23.7 Å². The molecule has 0 saturated carbocycles. The van der Waals surface area contributed by atoms with Crippen molar-refractivity contribution in [3.8, 4) is 0 Å². The lowest BCUT2D eigenvalue weighted by molar-refractivity contribution is 0.240. The molecule has 0 aliphatic rings. The first kappa shape index (κ1) is 9.70. The summed E-state index contributed by atoms with van der Waals surface area (Å²) in [6.07, 6.45) is 1.20. The highest BCUT2D eigenvalue weighted by Gasteiger charge is 2.00. The van der Waals surface area contributed by atoms with Gasteiger partial charge in [-0.3, -0.25) is 10.7 Å². The summed E-state index contributed by atoms with van der Waals surface area (Å²) in [6, 6.07) is 5.63. The molecule has 3 nitrogen and oxygen atoms in total. The van der Waals surface area contributed by atoms with Crippen molar-refractivity contribution in [2.45, 2.75) is 0 Å². The van der Waals surface area contributed by atoms with E-state index in [1.165, 1.54) is 6.34 Å². The predicted molar refractivity (Wildman–Crippen MR) is 54.9 cm³/mol. The van der Waals surface area contributed by atoms with E-state index in [1.54, 1.807) is 0 Å². The van der Waals surface area contributed by atoms with Gasteiger partial charge in [-0.2, -0.15) is 0 Å². The highest BCUT2D eigenvalue weighted by atomic mass is 79.9. The Kier molecular flexibility index (Phi) is 3.71. The number of benzene rings is 1. The Morgan fingerprint density at radius 3 is 2.42 bits per heavy atom. The topological polar surface area (TPSA) is 44.6 Å². The third-order valence-corrected chi connectivity index (χ3v) is 2.47. The average Bonchev–Trinajstić information content (AvgIpc) is 2.04. The first-order valence-electron chi connectivity index (χ1n) is 3.12. The van der Waals surface area contributed by atoms with E-state index in [9.17, 15) is 0 Å². The lowest BCUT2D eigenvalue weighted by Gasteiger charge is -1.99. The molecule has 64 valence electrons. The van der Waals surface area contributed by atoms with E-state index >= 15 is 0 Å². The molecule has 0 spiro atoms. The van der Waals surface area contributed by atoms with Crippen molar-refractivity contribution < 1.29 is 5.21 Å². The minimum Gasteiger partial charge on any atom is -0.290 e. The summed E-state index contributed by atoms with van der Waals surface area (Å²) in [4.78, 5) is 3.94. The third kappa shape index (κ3) is 2.30. The van der Waals surface area contributed by atoms with E-state index in [2.05, 4.69) is 36.9 Å². The maximum absolute atomic E-state index is 8.28. The molecule has 0 heterocycles. The van der Waals surface area contributed by atoms with Gasteiger partial charge in [-0.25, -0.2) is 4.99 Å². The second kappa shape index (κ2) is 4.59. The van der Waals surface area contributed by atoms with Crippen molar-refractivity contribution in [1.82, 2.24) is 5.48 Å². The fourth-order valence-electron chi connectivity index (χ4n) is 0.706. The van der Waals surface area contributed by atoms with Crippen LogP contribution in [0, 0.1) is 0 Å². The van der Waals surface area contributed by atoms with E-state index in [-0.39, 0.29) is 0 Å². The second-order valence-corrected chi connectivity index (χ2v) is 3.67. The van der Waals surface area contributed by atoms with Crippen LogP contribution in [0.25, 0.3) is 0 Å². The van der Waals surface area contributed by atoms with Crippen molar-refractivity contribution in [2.24, 2.45) is 4.99 Å². The summed E-state index contributed by atoms with van der Waals surface area (Å²) in [5, 5.41) is 8.28. The molecule has 0 aliphatic carbocycles. The number of halogens is 2. The molecule has 1 aromatic rings. The quantitative estimate of drug-likeness (QED) is 0.500. The maximum atomic E-state index is 8.28. The Balaban J connectivity index is 3.04. The fraction of sp³-hybridized carbons (Fsp3) is 0. The van der Waals surface area contributed by atoms with Gasteiger partial charge in [-0.05, 0) is 44.0 Å². The average molecular weight is 294 g/mol. The molecule has 0 fully saturated rings. The zero-order chi connectivity index (χ0) is 8.97. The van der Waals surface area contributed by atoms with Gasteiger partial charge < -0.3 is 0 Å². The Bertz CT molecular complexity index is 281. The van der Waals surface area contributed by atoms with Crippen LogP contribution < -0.4 is 5.48 Å². The van der Waals surface area contributed by atoms with Gasteiger partial charge in [0.2, 0.25) is 0 Å². The Hall–Kier alpha value is -0.390. The summed E-state index contributed by atoms with van der Waals surface area (Å²) in [5.74, 6) is 0. The van der Waals surface area contributed by atoms with Gasteiger partial charge in [0.15, 0.2) is 0 Å². The summed E-state index contributed by atoms with van der Waals surface area (Å²) in [6.45, 7) is 0. The highest BCUT2D eigenvalue weighted by molar-refractivity contribution is 9.11. The maximum Gasteiger partial charge on any atom is 0.113 e. The van der Waals surface area contributed by atoms with Gasteiger partial charge in [0.25, 0.3) is 0 Å². The van der Waals surface area contributed by atoms with Crippen LogP contribution in [0.3, 0.4) is 0 Å².